The van der Waals surface area contributed by atoms with E-state index in [9.17, 15) is 8.78 Å². The molecule has 0 radical (unpaired) electrons. The Hall–Kier alpha value is -2.16. The van der Waals surface area contributed by atoms with Crippen LogP contribution in [0, 0.1) is 29.4 Å². The summed E-state index contributed by atoms with van der Waals surface area (Å²) >= 11 is 0. The second-order valence-corrected chi connectivity index (χ2v) is 10.5. The molecule has 4 atom stereocenters. The van der Waals surface area contributed by atoms with Crippen molar-refractivity contribution in [1.82, 2.24) is 0 Å². The number of benzene rings is 2. The van der Waals surface area contributed by atoms with E-state index >= 15 is 0 Å². The number of ether oxygens (including phenoxy) is 1. The predicted octanol–water partition coefficient (Wildman–Crippen LogP) is 8.81. The normalized spacial score (nSPS) is 24.8. The minimum absolute atomic E-state index is 0.0598. The Morgan fingerprint density at radius 2 is 1.65 bits per heavy atom. The minimum atomic E-state index is -0.836. The topological polar surface area (TPSA) is 9.23 Å². The molecule has 0 bridgehead atoms. The van der Waals surface area contributed by atoms with Crippen LogP contribution in [0.1, 0.15) is 87.8 Å². The van der Waals surface area contributed by atoms with Crippen molar-refractivity contribution in [3.63, 3.8) is 0 Å². The molecule has 0 heterocycles. The van der Waals surface area contributed by atoms with Crippen LogP contribution in [0.25, 0.3) is 0 Å². The molecule has 2 aromatic rings. The molecule has 0 aliphatic heterocycles. The largest absolute Gasteiger partial charge is 0.490 e. The number of fused-ring (bicyclic) bond motifs is 1. The Bertz CT molecular complexity index is 949. The summed E-state index contributed by atoms with van der Waals surface area (Å²) in [5.41, 5.74) is 3.37. The van der Waals surface area contributed by atoms with E-state index in [1.54, 1.807) is 12.1 Å². The average Bonchev–Trinajstić information content (AvgIpc) is 2.86. The van der Waals surface area contributed by atoms with Crippen molar-refractivity contribution < 1.29 is 13.5 Å². The highest BCUT2D eigenvalue weighted by Crippen LogP contribution is 2.47. The SMILES string of the molecule is CC=CCCc1ccc(OCC2CCC3CC(c4ccc(CCC)cc4)CCC3C2)c(F)c1F. The molecule has 2 aromatic carbocycles. The summed E-state index contributed by atoms with van der Waals surface area (Å²) in [4.78, 5) is 0. The first kappa shape index (κ1) is 24.9. The van der Waals surface area contributed by atoms with Gasteiger partial charge < -0.3 is 4.74 Å². The van der Waals surface area contributed by atoms with Crippen molar-refractivity contribution in [2.24, 2.45) is 17.8 Å². The Balaban J connectivity index is 1.27. The van der Waals surface area contributed by atoms with Crippen LogP contribution in [0.5, 0.6) is 5.75 Å². The van der Waals surface area contributed by atoms with Crippen LogP contribution in [-0.2, 0) is 12.8 Å². The van der Waals surface area contributed by atoms with Gasteiger partial charge in [-0.1, -0.05) is 55.8 Å². The third-order valence-electron chi connectivity index (χ3n) is 8.13. The Kier molecular flexibility index (Phi) is 8.80. The van der Waals surface area contributed by atoms with Gasteiger partial charge in [-0.25, -0.2) is 4.39 Å². The fourth-order valence-electron chi connectivity index (χ4n) is 6.18. The molecule has 184 valence electrons. The van der Waals surface area contributed by atoms with Gasteiger partial charge in [-0.2, -0.15) is 4.39 Å². The van der Waals surface area contributed by atoms with Crippen LogP contribution >= 0.6 is 0 Å². The molecule has 2 aliphatic carbocycles. The maximum absolute atomic E-state index is 14.5. The fourth-order valence-corrected chi connectivity index (χ4v) is 6.18. The van der Waals surface area contributed by atoms with Crippen molar-refractivity contribution in [2.45, 2.75) is 84.0 Å². The number of aryl methyl sites for hydroxylation is 2. The lowest BCUT2D eigenvalue weighted by atomic mass is 9.64. The van der Waals surface area contributed by atoms with E-state index in [1.165, 1.54) is 43.2 Å². The lowest BCUT2D eigenvalue weighted by Crippen LogP contribution is -2.32. The van der Waals surface area contributed by atoms with E-state index < -0.39 is 11.6 Å². The first-order valence-corrected chi connectivity index (χ1v) is 13.4. The van der Waals surface area contributed by atoms with Crippen molar-refractivity contribution in [3.05, 3.63) is 76.9 Å². The maximum atomic E-state index is 14.5. The van der Waals surface area contributed by atoms with E-state index in [2.05, 4.69) is 31.2 Å². The first-order chi connectivity index (χ1) is 16.6. The molecule has 0 N–H and O–H groups in total. The number of allylic oxidation sites excluding steroid dienone is 2. The zero-order valence-corrected chi connectivity index (χ0v) is 20.9. The van der Waals surface area contributed by atoms with E-state index in [-0.39, 0.29) is 5.75 Å². The lowest BCUT2D eigenvalue weighted by molar-refractivity contribution is 0.0902. The first-order valence-electron chi connectivity index (χ1n) is 13.4. The zero-order chi connectivity index (χ0) is 23.9. The van der Waals surface area contributed by atoms with Gasteiger partial charge >= 0.3 is 0 Å². The van der Waals surface area contributed by atoms with Gasteiger partial charge in [0, 0.05) is 0 Å². The molecule has 0 saturated heterocycles. The molecule has 3 heteroatoms. The van der Waals surface area contributed by atoms with E-state index in [0.717, 1.165) is 31.1 Å². The van der Waals surface area contributed by atoms with Gasteiger partial charge in [0.25, 0.3) is 0 Å². The van der Waals surface area contributed by atoms with E-state index in [0.29, 0.717) is 36.8 Å². The summed E-state index contributed by atoms with van der Waals surface area (Å²) in [5, 5.41) is 0. The molecule has 0 aromatic heterocycles. The van der Waals surface area contributed by atoms with Crippen LogP contribution < -0.4 is 4.74 Å². The smallest absolute Gasteiger partial charge is 0.200 e. The summed E-state index contributed by atoms with van der Waals surface area (Å²) in [6.07, 6.45) is 14.8. The molecule has 1 nitrogen and oxygen atoms in total. The molecular formula is C31H40F2O. The van der Waals surface area contributed by atoms with Crippen LogP contribution in [0.3, 0.4) is 0 Å². The van der Waals surface area contributed by atoms with Crippen LogP contribution in [0.2, 0.25) is 0 Å². The fraction of sp³-hybridized carbons (Fsp3) is 0.548. The standard InChI is InChI=1S/C31H40F2O/c1-3-5-6-8-25-17-18-29(31(33)30(25)32)34-21-23-11-14-28-20-27(16-15-26(28)19-23)24-12-9-22(7-4-2)10-13-24/h3,5,9-10,12-13,17-18,23,26-28H,4,6-8,11,14-16,19-21H2,1-2H3. The van der Waals surface area contributed by atoms with Gasteiger partial charge in [0.05, 0.1) is 6.61 Å². The Morgan fingerprint density at radius 3 is 2.41 bits per heavy atom. The molecule has 2 saturated carbocycles. The van der Waals surface area contributed by atoms with Gasteiger partial charge in [-0.15, -0.1) is 0 Å². The third kappa shape index (κ3) is 6.09. The van der Waals surface area contributed by atoms with Crippen LogP contribution in [0.15, 0.2) is 48.6 Å². The highest BCUT2D eigenvalue weighted by molar-refractivity contribution is 5.31. The molecule has 34 heavy (non-hydrogen) atoms. The summed E-state index contributed by atoms with van der Waals surface area (Å²) in [5.74, 6) is 1.12. The summed E-state index contributed by atoms with van der Waals surface area (Å²) in [7, 11) is 0. The van der Waals surface area contributed by atoms with Crippen molar-refractivity contribution in [1.29, 1.82) is 0 Å². The number of hydrogen-bond acceptors (Lipinski definition) is 1. The Labute approximate surface area is 204 Å². The van der Waals surface area contributed by atoms with Gasteiger partial charge in [-0.3, -0.25) is 0 Å². The van der Waals surface area contributed by atoms with Crippen LogP contribution in [-0.4, -0.2) is 6.61 Å². The summed E-state index contributed by atoms with van der Waals surface area (Å²) < 4.78 is 34.8. The molecule has 4 rings (SSSR count). The van der Waals surface area contributed by atoms with Crippen LogP contribution in [0.4, 0.5) is 8.78 Å². The van der Waals surface area contributed by atoms with E-state index in [4.69, 9.17) is 4.74 Å². The van der Waals surface area contributed by atoms with Gasteiger partial charge in [0.15, 0.2) is 11.6 Å². The maximum Gasteiger partial charge on any atom is 0.200 e. The second kappa shape index (κ2) is 12.0. The summed E-state index contributed by atoms with van der Waals surface area (Å²) in [6, 6.07) is 12.6. The Morgan fingerprint density at radius 1 is 0.882 bits per heavy atom. The second-order valence-electron chi connectivity index (χ2n) is 10.5. The monoisotopic (exact) mass is 466 g/mol. The van der Waals surface area contributed by atoms with Gasteiger partial charge in [-0.05, 0) is 111 Å². The highest BCUT2D eigenvalue weighted by Gasteiger charge is 2.36. The molecular weight excluding hydrogens is 426 g/mol. The highest BCUT2D eigenvalue weighted by atomic mass is 19.2. The quantitative estimate of drug-likeness (QED) is 0.336. The molecule has 0 spiro atoms. The predicted molar refractivity (Wildman–Crippen MR) is 136 cm³/mol. The minimum Gasteiger partial charge on any atom is -0.490 e. The van der Waals surface area contributed by atoms with Crippen molar-refractivity contribution in [2.75, 3.05) is 6.61 Å². The zero-order valence-electron chi connectivity index (χ0n) is 20.9. The van der Waals surface area contributed by atoms with Crippen molar-refractivity contribution in [3.8, 4) is 5.75 Å². The van der Waals surface area contributed by atoms with Gasteiger partial charge in [0.1, 0.15) is 0 Å². The van der Waals surface area contributed by atoms with Crippen molar-refractivity contribution >= 4 is 0 Å². The molecule has 4 unspecified atom stereocenters. The average molecular weight is 467 g/mol. The number of rotatable bonds is 9. The molecule has 0 amide bonds. The molecule has 2 fully saturated rings. The lowest BCUT2D eigenvalue weighted by Gasteiger charge is -2.42. The van der Waals surface area contributed by atoms with Gasteiger partial charge in [0.2, 0.25) is 5.82 Å². The summed E-state index contributed by atoms with van der Waals surface area (Å²) in [6.45, 7) is 4.65. The van der Waals surface area contributed by atoms with E-state index in [1.807, 2.05) is 19.1 Å². The number of hydrogen-bond donors (Lipinski definition) is 0. The third-order valence-corrected chi connectivity index (χ3v) is 8.13. The molecule has 2 aliphatic rings. The number of halogens is 2.